The lowest BCUT2D eigenvalue weighted by Gasteiger charge is -2.35. The fourth-order valence-electron chi connectivity index (χ4n) is 5.06. The molecule has 242 valence electrons. The molecule has 1 N–H and O–H groups in total. The van der Waals surface area contributed by atoms with Crippen LogP contribution in [0.15, 0.2) is 102 Å². The van der Waals surface area contributed by atoms with E-state index in [1.165, 1.54) is 23.1 Å². The van der Waals surface area contributed by atoms with Gasteiger partial charge in [0.2, 0.25) is 11.8 Å². The summed E-state index contributed by atoms with van der Waals surface area (Å²) in [6.45, 7) is 10.3. The highest BCUT2D eigenvalue weighted by Gasteiger charge is 2.36. The van der Waals surface area contributed by atoms with Gasteiger partial charge in [0.15, 0.2) is 0 Å². The number of carbonyl (C=O) groups is 2. The molecule has 4 rings (SSSR count). The predicted octanol–water partition coefficient (Wildman–Crippen LogP) is 6.50. The van der Waals surface area contributed by atoms with Gasteiger partial charge in [-0.3, -0.25) is 13.9 Å². The minimum atomic E-state index is -4.23. The van der Waals surface area contributed by atoms with Crippen molar-refractivity contribution in [3.05, 3.63) is 131 Å². The number of anilines is 1. The molecule has 0 spiro atoms. The molecule has 9 heteroatoms. The number of rotatable bonds is 11. The number of hydrogen-bond acceptors (Lipinski definition) is 4. The van der Waals surface area contributed by atoms with Gasteiger partial charge in [-0.25, -0.2) is 12.8 Å². The third-order valence-electron chi connectivity index (χ3n) is 7.73. The van der Waals surface area contributed by atoms with Crippen molar-refractivity contribution in [2.75, 3.05) is 10.8 Å². The summed E-state index contributed by atoms with van der Waals surface area (Å²) in [6, 6.07) is 25.8. The average molecular weight is 644 g/mol. The first-order valence-corrected chi connectivity index (χ1v) is 16.7. The number of amides is 2. The Morgan fingerprint density at radius 1 is 0.826 bits per heavy atom. The molecule has 0 bridgehead atoms. The molecule has 0 heterocycles. The van der Waals surface area contributed by atoms with Crippen molar-refractivity contribution in [3.8, 4) is 0 Å². The summed E-state index contributed by atoms with van der Waals surface area (Å²) in [6.07, 6.45) is 0.136. The van der Waals surface area contributed by atoms with Crippen LogP contribution in [0.25, 0.3) is 0 Å². The zero-order valence-corrected chi connectivity index (χ0v) is 28.1. The minimum Gasteiger partial charge on any atom is -0.350 e. The van der Waals surface area contributed by atoms with Crippen molar-refractivity contribution >= 4 is 27.5 Å². The van der Waals surface area contributed by atoms with Crippen LogP contribution in [0.4, 0.5) is 10.1 Å². The fraction of sp³-hybridized carbons (Fsp3) is 0.297. The Labute approximate surface area is 272 Å². The zero-order chi connectivity index (χ0) is 33.6. The summed E-state index contributed by atoms with van der Waals surface area (Å²) < 4.78 is 44.6. The molecular formula is C37H42FN3O4S. The summed E-state index contributed by atoms with van der Waals surface area (Å²) in [4.78, 5) is 29.8. The minimum absolute atomic E-state index is 0.0242. The molecule has 4 aromatic carbocycles. The van der Waals surface area contributed by atoms with Crippen molar-refractivity contribution in [2.45, 2.75) is 71.0 Å². The van der Waals surface area contributed by atoms with E-state index in [-0.39, 0.29) is 23.4 Å². The van der Waals surface area contributed by atoms with Gasteiger partial charge >= 0.3 is 0 Å². The number of nitrogens with one attached hydrogen (secondary N) is 1. The fourth-order valence-corrected chi connectivity index (χ4v) is 6.47. The van der Waals surface area contributed by atoms with Crippen LogP contribution in [0.5, 0.6) is 0 Å². The van der Waals surface area contributed by atoms with E-state index >= 15 is 4.39 Å². The van der Waals surface area contributed by atoms with Gasteiger partial charge in [0, 0.05) is 24.1 Å². The molecule has 0 fully saturated rings. The molecule has 0 aromatic heterocycles. The lowest BCUT2D eigenvalue weighted by molar-refractivity contribution is -0.140. The molecule has 0 radical (unpaired) electrons. The van der Waals surface area contributed by atoms with Crippen LogP contribution in [0.1, 0.15) is 48.6 Å². The van der Waals surface area contributed by atoms with Crippen molar-refractivity contribution in [3.63, 3.8) is 0 Å². The Bertz CT molecular complexity index is 1790. The maximum Gasteiger partial charge on any atom is 0.264 e. The van der Waals surface area contributed by atoms with Gasteiger partial charge in [-0.1, -0.05) is 72.3 Å². The Hall–Kier alpha value is -4.50. The number of benzene rings is 4. The lowest BCUT2D eigenvalue weighted by Crippen LogP contribution is -2.56. The number of halogens is 1. The van der Waals surface area contributed by atoms with Crippen LogP contribution < -0.4 is 9.62 Å². The highest BCUT2D eigenvalue weighted by atomic mass is 32.2. The van der Waals surface area contributed by atoms with Crippen molar-refractivity contribution < 1.29 is 22.4 Å². The van der Waals surface area contributed by atoms with E-state index in [9.17, 15) is 18.0 Å². The van der Waals surface area contributed by atoms with Gasteiger partial charge in [-0.2, -0.15) is 0 Å². The van der Waals surface area contributed by atoms with Crippen molar-refractivity contribution in [1.29, 1.82) is 0 Å². The lowest BCUT2D eigenvalue weighted by atomic mass is 10.0. The van der Waals surface area contributed by atoms with E-state index in [2.05, 4.69) is 5.32 Å². The molecular weight excluding hydrogens is 601 g/mol. The maximum atomic E-state index is 15.1. The van der Waals surface area contributed by atoms with Gasteiger partial charge < -0.3 is 10.2 Å². The first kappa shape index (κ1) is 34.4. The average Bonchev–Trinajstić information content (AvgIpc) is 2.99. The summed E-state index contributed by atoms with van der Waals surface area (Å²) in [7, 11) is -4.23. The summed E-state index contributed by atoms with van der Waals surface area (Å²) in [5, 5.41) is 2.98. The Kier molecular flexibility index (Phi) is 10.7. The molecule has 7 nitrogen and oxygen atoms in total. The Morgan fingerprint density at radius 3 is 2.07 bits per heavy atom. The monoisotopic (exact) mass is 643 g/mol. The van der Waals surface area contributed by atoms with Crippen LogP contribution in [0, 0.1) is 26.6 Å². The third kappa shape index (κ3) is 8.60. The Morgan fingerprint density at radius 2 is 1.46 bits per heavy atom. The van der Waals surface area contributed by atoms with Gasteiger partial charge in [-0.15, -0.1) is 0 Å². The SMILES string of the molecule is Cc1ccc(S(=O)(=O)N(CC(=O)N(Cc2ccccc2F)[C@H](Cc2ccccc2)C(=O)NC(C)(C)C)c2ccc(C)c(C)c2)cc1. The molecule has 0 saturated heterocycles. The Balaban J connectivity index is 1.84. The molecule has 2 amide bonds. The second kappa shape index (κ2) is 14.3. The van der Waals surface area contributed by atoms with Crippen LogP contribution in [0.2, 0.25) is 0 Å². The van der Waals surface area contributed by atoms with E-state index in [0.717, 1.165) is 26.6 Å². The van der Waals surface area contributed by atoms with Crippen LogP contribution >= 0.6 is 0 Å². The molecule has 0 unspecified atom stereocenters. The predicted molar refractivity (Wildman–Crippen MR) is 180 cm³/mol. The first-order valence-electron chi connectivity index (χ1n) is 15.2. The quantitative estimate of drug-likeness (QED) is 0.202. The number of sulfonamides is 1. The first-order chi connectivity index (χ1) is 21.7. The van der Waals surface area contributed by atoms with Gasteiger partial charge in [0.1, 0.15) is 18.4 Å². The maximum absolute atomic E-state index is 15.1. The van der Waals surface area contributed by atoms with E-state index < -0.39 is 45.8 Å². The van der Waals surface area contributed by atoms with Crippen LogP contribution in [-0.4, -0.2) is 43.3 Å². The molecule has 0 aliphatic carbocycles. The number of carbonyl (C=O) groups excluding carboxylic acids is 2. The molecule has 0 aliphatic rings. The largest absolute Gasteiger partial charge is 0.350 e. The highest BCUT2D eigenvalue weighted by Crippen LogP contribution is 2.27. The van der Waals surface area contributed by atoms with Crippen molar-refractivity contribution in [2.24, 2.45) is 0 Å². The molecule has 46 heavy (non-hydrogen) atoms. The molecule has 4 aromatic rings. The smallest absolute Gasteiger partial charge is 0.264 e. The van der Waals surface area contributed by atoms with E-state index in [1.807, 2.05) is 71.9 Å². The number of hydrogen-bond donors (Lipinski definition) is 1. The normalized spacial score (nSPS) is 12.3. The molecule has 0 aliphatic heterocycles. The summed E-state index contributed by atoms with van der Waals surface area (Å²) in [5.41, 5.74) is 3.38. The summed E-state index contributed by atoms with van der Waals surface area (Å²) in [5.74, 6) is -1.62. The van der Waals surface area contributed by atoms with Gasteiger partial charge in [0.25, 0.3) is 10.0 Å². The zero-order valence-electron chi connectivity index (χ0n) is 27.2. The van der Waals surface area contributed by atoms with E-state index in [1.54, 1.807) is 48.5 Å². The summed E-state index contributed by atoms with van der Waals surface area (Å²) >= 11 is 0. The number of nitrogens with zero attached hydrogens (tertiary/aromatic N) is 2. The van der Waals surface area contributed by atoms with Gasteiger partial charge in [-0.05, 0) is 88.6 Å². The van der Waals surface area contributed by atoms with Crippen molar-refractivity contribution in [1.82, 2.24) is 10.2 Å². The van der Waals surface area contributed by atoms with Gasteiger partial charge in [0.05, 0.1) is 10.6 Å². The molecule has 1 atom stereocenters. The second-order valence-electron chi connectivity index (χ2n) is 12.7. The van der Waals surface area contributed by atoms with E-state index in [4.69, 9.17) is 0 Å². The van der Waals surface area contributed by atoms with Crippen LogP contribution in [-0.2, 0) is 32.6 Å². The highest BCUT2D eigenvalue weighted by molar-refractivity contribution is 7.92. The standard InChI is InChI=1S/C37H42FN3O4S/c1-26-16-20-32(21-17-26)46(44,45)41(31-19-18-27(2)28(3)22-31)25-35(42)40(24-30-14-10-11-15-33(30)38)34(36(43)39-37(4,5)6)23-29-12-8-7-9-13-29/h7-22,34H,23-25H2,1-6H3,(H,39,43)/t34-/m1/s1. The van der Waals surface area contributed by atoms with Crippen LogP contribution in [0.3, 0.4) is 0 Å². The molecule has 0 saturated carbocycles. The topological polar surface area (TPSA) is 86.8 Å². The third-order valence-corrected chi connectivity index (χ3v) is 9.52. The second-order valence-corrected chi connectivity index (χ2v) is 14.5. The van der Waals surface area contributed by atoms with E-state index in [0.29, 0.717) is 5.69 Å². The number of aryl methyl sites for hydroxylation is 3.